The fourth-order valence-corrected chi connectivity index (χ4v) is 3.21. The van der Waals surface area contributed by atoms with Gasteiger partial charge in [0.25, 0.3) is 0 Å². The molecule has 0 amide bonds. The highest BCUT2D eigenvalue weighted by Crippen LogP contribution is 2.23. The Kier molecular flexibility index (Phi) is 6.50. The third kappa shape index (κ3) is 5.73. The minimum absolute atomic E-state index is 0.198. The van der Waals surface area contributed by atoms with Crippen LogP contribution in [0.5, 0.6) is 17.2 Å². The number of para-hydroxylation sites is 1. The van der Waals surface area contributed by atoms with Gasteiger partial charge in [0.1, 0.15) is 30.0 Å². The first-order chi connectivity index (χ1) is 12.6. The smallest absolute Gasteiger partial charge is 0.127 e. The fourth-order valence-electron chi connectivity index (χ4n) is 3.21. The highest BCUT2D eigenvalue weighted by molar-refractivity contribution is 5.35. The number of morpholine rings is 1. The van der Waals surface area contributed by atoms with Crippen molar-refractivity contribution in [3.63, 3.8) is 0 Å². The molecule has 3 atom stereocenters. The van der Waals surface area contributed by atoms with Crippen molar-refractivity contribution in [3.8, 4) is 17.2 Å². The highest BCUT2D eigenvalue weighted by Gasteiger charge is 2.23. The molecule has 3 rings (SSSR count). The molecule has 1 aliphatic rings. The van der Waals surface area contributed by atoms with E-state index in [0.29, 0.717) is 12.3 Å². The van der Waals surface area contributed by atoms with E-state index in [1.807, 2.05) is 54.6 Å². The topological polar surface area (TPSA) is 51.2 Å². The number of aliphatic hydroxyl groups excluding tert-OH is 1. The minimum atomic E-state index is -0.534. The molecule has 1 saturated heterocycles. The average Bonchev–Trinajstić information content (AvgIpc) is 2.61. The van der Waals surface area contributed by atoms with Gasteiger partial charge in [-0.25, -0.2) is 0 Å². The van der Waals surface area contributed by atoms with Crippen LogP contribution in [0.15, 0.2) is 54.6 Å². The molecule has 2 aromatic carbocycles. The first-order valence-electron chi connectivity index (χ1n) is 9.10. The third-order valence-corrected chi connectivity index (χ3v) is 4.21. The SMILES string of the molecule is C[C@@H]1CN(C[C@@H](O)COc2ccc(Oc3ccccc3)cc2)C[C@@H](C)O1. The van der Waals surface area contributed by atoms with E-state index in [9.17, 15) is 5.11 Å². The van der Waals surface area contributed by atoms with Gasteiger partial charge in [-0.05, 0) is 50.2 Å². The molecule has 1 heterocycles. The molecule has 5 nitrogen and oxygen atoms in total. The van der Waals surface area contributed by atoms with Crippen LogP contribution in [0, 0.1) is 0 Å². The van der Waals surface area contributed by atoms with Crippen LogP contribution < -0.4 is 9.47 Å². The second-order valence-electron chi connectivity index (χ2n) is 6.83. The van der Waals surface area contributed by atoms with E-state index in [2.05, 4.69) is 18.7 Å². The second kappa shape index (κ2) is 9.03. The van der Waals surface area contributed by atoms with Gasteiger partial charge < -0.3 is 19.3 Å². The lowest BCUT2D eigenvalue weighted by atomic mass is 10.2. The number of β-amino-alcohol motifs (C(OH)–C–C–N with tert-alkyl or cyclic N) is 1. The van der Waals surface area contributed by atoms with E-state index in [-0.39, 0.29) is 18.8 Å². The zero-order chi connectivity index (χ0) is 18.4. The van der Waals surface area contributed by atoms with Crippen LogP contribution in [-0.2, 0) is 4.74 Å². The van der Waals surface area contributed by atoms with Gasteiger partial charge in [-0.3, -0.25) is 4.90 Å². The zero-order valence-corrected chi connectivity index (χ0v) is 15.4. The Bertz CT molecular complexity index is 651. The van der Waals surface area contributed by atoms with E-state index < -0.39 is 6.10 Å². The average molecular weight is 357 g/mol. The van der Waals surface area contributed by atoms with Crippen LogP contribution in [0.1, 0.15) is 13.8 Å². The summed E-state index contributed by atoms with van der Waals surface area (Å²) in [7, 11) is 0. The number of aliphatic hydroxyl groups is 1. The van der Waals surface area contributed by atoms with E-state index in [4.69, 9.17) is 14.2 Å². The predicted molar refractivity (Wildman–Crippen MR) is 101 cm³/mol. The lowest BCUT2D eigenvalue weighted by molar-refractivity contribution is -0.0786. The van der Waals surface area contributed by atoms with Crippen LogP contribution in [0.3, 0.4) is 0 Å². The second-order valence-corrected chi connectivity index (χ2v) is 6.83. The molecule has 26 heavy (non-hydrogen) atoms. The summed E-state index contributed by atoms with van der Waals surface area (Å²) in [5.41, 5.74) is 0. The van der Waals surface area contributed by atoms with Crippen LogP contribution >= 0.6 is 0 Å². The Morgan fingerprint density at radius 2 is 1.54 bits per heavy atom. The maximum Gasteiger partial charge on any atom is 0.127 e. The Labute approximate surface area is 155 Å². The molecule has 0 bridgehead atoms. The summed E-state index contributed by atoms with van der Waals surface area (Å²) in [6, 6.07) is 17.1. The Morgan fingerprint density at radius 3 is 2.19 bits per heavy atom. The molecule has 0 saturated carbocycles. The Balaban J connectivity index is 1.44. The van der Waals surface area contributed by atoms with Gasteiger partial charge in [0.05, 0.1) is 12.2 Å². The molecule has 0 unspecified atom stereocenters. The van der Waals surface area contributed by atoms with Gasteiger partial charge in [-0.15, -0.1) is 0 Å². The third-order valence-electron chi connectivity index (χ3n) is 4.21. The van der Waals surface area contributed by atoms with E-state index in [0.717, 1.165) is 24.6 Å². The van der Waals surface area contributed by atoms with Crippen LogP contribution in [-0.4, -0.2) is 54.6 Å². The molecule has 0 aromatic heterocycles. The minimum Gasteiger partial charge on any atom is -0.491 e. The monoisotopic (exact) mass is 357 g/mol. The number of rotatable bonds is 7. The van der Waals surface area contributed by atoms with E-state index >= 15 is 0 Å². The van der Waals surface area contributed by atoms with Crippen molar-refractivity contribution in [1.29, 1.82) is 0 Å². The fraction of sp³-hybridized carbons (Fsp3) is 0.429. The normalized spacial score (nSPS) is 22.0. The summed E-state index contributed by atoms with van der Waals surface area (Å²) >= 11 is 0. The molecule has 2 aromatic rings. The molecule has 5 heteroatoms. The first kappa shape index (κ1) is 18.7. The van der Waals surface area contributed by atoms with Crippen LogP contribution in [0.2, 0.25) is 0 Å². The van der Waals surface area contributed by atoms with Crippen molar-refractivity contribution in [3.05, 3.63) is 54.6 Å². The van der Waals surface area contributed by atoms with Gasteiger partial charge in [0, 0.05) is 19.6 Å². The molecule has 1 fully saturated rings. The van der Waals surface area contributed by atoms with E-state index in [1.54, 1.807) is 0 Å². The molecule has 140 valence electrons. The molecule has 0 aliphatic carbocycles. The van der Waals surface area contributed by atoms with Crippen molar-refractivity contribution in [2.24, 2.45) is 0 Å². The van der Waals surface area contributed by atoms with Crippen LogP contribution in [0.4, 0.5) is 0 Å². The van der Waals surface area contributed by atoms with Crippen molar-refractivity contribution >= 4 is 0 Å². The number of ether oxygens (including phenoxy) is 3. The van der Waals surface area contributed by atoms with Crippen LogP contribution in [0.25, 0.3) is 0 Å². The van der Waals surface area contributed by atoms with E-state index in [1.165, 1.54) is 0 Å². The molecular formula is C21H27NO4. The number of hydrogen-bond donors (Lipinski definition) is 1. The summed E-state index contributed by atoms with van der Waals surface area (Å²) in [6.45, 7) is 6.65. The first-order valence-corrected chi connectivity index (χ1v) is 9.10. The van der Waals surface area contributed by atoms with Gasteiger partial charge >= 0.3 is 0 Å². The van der Waals surface area contributed by atoms with Crippen molar-refractivity contribution < 1.29 is 19.3 Å². The largest absolute Gasteiger partial charge is 0.491 e. The molecule has 1 aliphatic heterocycles. The maximum atomic E-state index is 10.3. The summed E-state index contributed by atoms with van der Waals surface area (Å²) in [6.07, 6.45) is -0.138. The summed E-state index contributed by atoms with van der Waals surface area (Å²) in [4.78, 5) is 2.23. The Morgan fingerprint density at radius 1 is 0.962 bits per heavy atom. The van der Waals surface area contributed by atoms with Crippen molar-refractivity contribution in [2.45, 2.75) is 32.2 Å². The lowest BCUT2D eigenvalue weighted by Gasteiger charge is -2.36. The highest BCUT2D eigenvalue weighted by atomic mass is 16.5. The van der Waals surface area contributed by atoms with Gasteiger partial charge in [-0.2, -0.15) is 0 Å². The molecule has 0 radical (unpaired) electrons. The summed E-state index contributed by atoms with van der Waals surface area (Å²) in [5, 5.41) is 10.3. The standard InChI is InChI=1S/C21H27NO4/c1-16-12-22(13-17(2)25-16)14-18(23)15-24-19-8-10-21(11-9-19)26-20-6-4-3-5-7-20/h3-11,16-18,23H,12-15H2,1-2H3/t16-,17-,18-/m1/s1. The zero-order valence-electron chi connectivity index (χ0n) is 15.4. The summed E-state index contributed by atoms with van der Waals surface area (Å²) < 4.78 is 17.2. The summed E-state index contributed by atoms with van der Waals surface area (Å²) in [5.74, 6) is 2.26. The molecular weight excluding hydrogens is 330 g/mol. The van der Waals surface area contributed by atoms with Gasteiger partial charge in [-0.1, -0.05) is 18.2 Å². The Hall–Kier alpha value is -2.08. The van der Waals surface area contributed by atoms with Gasteiger partial charge in [0.2, 0.25) is 0 Å². The predicted octanol–water partition coefficient (Wildman–Crippen LogP) is 3.33. The number of nitrogens with zero attached hydrogens (tertiary/aromatic N) is 1. The quantitative estimate of drug-likeness (QED) is 0.824. The number of hydrogen-bond acceptors (Lipinski definition) is 5. The van der Waals surface area contributed by atoms with Crippen molar-refractivity contribution in [1.82, 2.24) is 4.90 Å². The van der Waals surface area contributed by atoms with Gasteiger partial charge in [0.15, 0.2) is 0 Å². The van der Waals surface area contributed by atoms with Crippen molar-refractivity contribution in [2.75, 3.05) is 26.2 Å². The lowest BCUT2D eigenvalue weighted by Crippen LogP contribution is -2.48. The molecule has 0 spiro atoms. The number of benzene rings is 2. The molecule has 1 N–H and O–H groups in total. The maximum absolute atomic E-state index is 10.3.